The Hall–Kier alpha value is -0.320. The zero-order valence-electron chi connectivity index (χ0n) is 28.4. The lowest BCUT2D eigenvalue weighted by atomic mass is 9.81. The summed E-state index contributed by atoms with van der Waals surface area (Å²) in [5.41, 5.74) is -1.78. The molecule has 8 nitrogen and oxygen atoms in total. The first-order valence-corrected chi connectivity index (χ1v) is 14.8. The monoisotopic (exact) mass is 564 g/mol. The van der Waals surface area contributed by atoms with Crippen molar-refractivity contribution in [1.82, 2.24) is 0 Å². The summed E-state index contributed by atoms with van der Waals surface area (Å²) >= 11 is 0. The Morgan fingerprint density at radius 2 is 0.564 bits per heavy atom. The second-order valence-electron chi connectivity index (χ2n) is 15.5. The minimum atomic E-state index is -0.982. The van der Waals surface area contributed by atoms with E-state index in [0.717, 1.165) is 25.7 Å². The van der Waals surface area contributed by atoms with E-state index in [4.69, 9.17) is 39.1 Å². The van der Waals surface area contributed by atoms with Crippen molar-refractivity contribution in [3.05, 3.63) is 0 Å². The topological polar surface area (TPSA) is 73.8 Å². The summed E-state index contributed by atoms with van der Waals surface area (Å²) in [6.07, 6.45) is 6.19. The average Bonchev–Trinajstić information content (AvgIpc) is 2.74. The van der Waals surface area contributed by atoms with Gasteiger partial charge in [-0.3, -0.25) is 0 Å². The molecular weight excluding hydrogens is 500 g/mol. The van der Waals surface area contributed by atoms with Gasteiger partial charge in [0.2, 0.25) is 11.6 Å². The van der Waals surface area contributed by atoms with Crippen molar-refractivity contribution >= 4 is 0 Å². The molecule has 0 radical (unpaired) electrons. The van der Waals surface area contributed by atoms with Crippen molar-refractivity contribution in [1.29, 1.82) is 0 Å². The van der Waals surface area contributed by atoms with Gasteiger partial charge < -0.3 is 0 Å². The Morgan fingerprint density at radius 3 is 0.744 bits per heavy atom. The molecule has 0 aliphatic rings. The van der Waals surface area contributed by atoms with Crippen LogP contribution >= 0.6 is 0 Å². The summed E-state index contributed by atoms with van der Waals surface area (Å²) in [4.78, 5) is 46.3. The highest BCUT2D eigenvalue weighted by molar-refractivity contribution is 4.75. The minimum Gasteiger partial charge on any atom is -0.228 e. The first-order valence-electron chi connectivity index (χ1n) is 14.8. The second kappa shape index (κ2) is 15.2. The predicted molar refractivity (Wildman–Crippen MR) is 155 cm³/mol. The van der Waals surface area contributed by atoms with Crippen LogP contribution in [0.3, 0.4) is 0 Å². The third-order valence-corrected chi connectivity index (χ3v) is 5.67. The minimum absolute atomic E-state index is 0.0739. The van der Waals surface area contributed by atoms with Gasteiger partial charge >= 0.3 is 0 Å². The molecule has 0 amide bonds. The SMILES string of the molecule is CCC(CCCC(C)(C)CCCC(CC)(OOC(C)(C)C)OOC(C)(C)C)(OOC(C)(C)C)OOC(C)(C)C. The van der Waals surface area contributed by atoms with E-state index in [2.05, 4.69) is 13.8 Å². The van der Waals surface area contributed by atoms with E-state index in [1.165, 1.54) is 0 Å². The van der Waals surface area contributed by atoms with Crippen LogP contribution in [0.1, 0.15) is 162 Å². The zero-order chi connectivity index (χ0) is 30.8. The third kappa shape index (κ3) is 19.4. The van der Waals surface area contributed by atoms with Gasteiger partial charge in [-0.05, 0) is 114 Å². The fourth-order valence-electron chi connectivity index (χ4n) is 3.39. The summed E-state index contributed by atoms with van der Waals surface area (Å²) in [6.45, 7) is 32.0. The number of hydrogen-bond acceptors (Lipinski definition) is 8. The van der Waals surface area contributed by atoms with Crippen LogP contribution in [-0.4, -0.2) is 34.0 Å². The molecule has 0 aromatic heterocycles. The average molecular weight is 565 g/mol. The normalized spacial score (nSPS) is 14.8. The second-order valence-corrected chi connectivity index (χ2v) is 15.5. The highest BCUT2D eigenvalue weighted by Crippen LogP contribution is 2.37. The van der Waals surface area contributed by atoms with Crippen molar-refractivity contribution in [2.45, 2.75) is 196 Å². The van der Waals surface area contributed by atoms with Crippen molar-refractivity contribution in [3.63, 3.8) is 0 Å². The van der Waals surface area contributed by atoms with Crippen LogP contribution < -0.4 is 0 Å². The Bertz CT molecular complexity index is 570. The van der Waals surface area contributed by atoms with Gasteiger partial charge in [-0.15, -0.1) is 0 Å². The van der Waals surface area contributed by atoms with Gasteiger partial charge in [0.15, 0.2) is 0 Å². The molecular formula is C31H64O8. The molecule has 0 rings (SSSR count). The third-order valence-electron chi connectivity index (χ3n) is 5.67. The first kappa shape index (κ1) is 38.7. The summed E-state index contributed by atoms with van der Waals surface area (Å²) in [6, 6.07) is 0. The predicted octanol–water partition coefficient (Wildman–Crippen LogP) is 9.55. The van der Waals surface area contributed by atoms with Gasteiger partial charge in [-0.2, -0.15) is 19.6 Å². The molecule has 0 aliphatic heterocycles. The van der Waals surface area contributed by atoms with Gasteiger partial charge in [0.25, 0.3) is 0 Å². The Morgan fingerprint density at radius 1 is 0.333 bits per heavy atom. The van der Waals surface area contributed by atoms with E-state index < -0.39 is 34.0 Å². The molecule has 236 valence electrons. The largest absolute Gasteiger partial charge is 0.233 e. The van der Waals surface area contributed by atoms with Crippen LogP contribution in [0.4, 0.5) is 0 Å². The molecule has 0 aromatic rings. The van der Waals surface area contributed by atoms with E-state index >= 15 is 0 Å². The smallest absolute Gasteiger partial charge is 0.228 e. The zero-order valence-corrected chi connectivity index (χ0v) is 28.4. The first-order chi connectivity index (χ1) is 17.4. The quantitative estimate of drug-likeness (QED) is 0.0925. The van der Waals surface area contributed by atoms with Gasteiger partial charge in [0, 0.05) is 25.7 Å². The number of hydrogen-bond donors (Lipinski definition) is 0. The molecule has 0 unspecified atom stereocenters. The highest BCUT2D eigenvalue weighted by atomic mass is 17.3. The van der Waals surface area contributed by atoms with Crippen LogP contribution in [0, 0.1) is 5.41 Å². The van der Waals surface area contributed by atoms with Gasteiger partial charge in [0.1, 0.15) is 0 Å². The molecule has 0 heterocycles. The number of rotatable bonds is 18. The molecule has 0 saturated carbocycles. The molecule has 0 saturated heterocycles. The molecule has 0 aliphatic carbocycles. The van der Waals surface area contributed by atoms with E-state index in [0.29, 0.717) is 25.7 Å². The molecule has 0 bridgehead atoms. The lowest BCUT2D eigenvalue weighted by molar-refractivity contribution is -0.543. The molecule has 0 atom stereocenters. The van der Waals surface area contributed by atoms with E-state index in [-0.39, 0.29) is 5.41 Å². The standard InChI is InChI=1S/C31H64O8/c1-17-30(36-32-25(3,4)5,37-33-26(6,7)8)23-19-21-29(15,16)22-20-24-31(18-2,38-34-27(9,10)11)39-35-28(12,13)14/h17-24H2,1-16H3. The summed E-state index contributed by atoms with van der Waals surface area (Å²) in [5.74, 6) is -1.96. The van der Waals surface area contributed by atoms with Gasteiger partial charge in [-0.25, -0.2) is 19.6 Å². The highest BCUT2D eigenvalue weighted by Gasteiger charge is 2.39. The van der Waals surface area contributed by atoms with Crippen molar-refractivity contribution < 1.29 is 39.1 Å². The lowest BCUT2D eigenvalue weighted by Crippen LogP contribution is -2.41. The van der Waals surface area contributed by atoms with Crippen LogP contribution in [0.25, 0.3) is 0 Å². The maximum Gasteiger partial charge on any atom is 0.233 e. The van der Waals surface area contributed by atoms with Crippen LogP contribution in [0.15, 0.2) is 0 Å². The Balaban J connectivity index is 5.26. The summed E-state index contributed by atoms with van der Waals surface area (Å²) in [7, 11) is 0. The van der Waals surface area contributed by atoms with Crippen LogP contribution in [-0.2, 0) is 39.1 Å². The molecule has 0 fully saturated rings. The van der Waals surface area contributed by atoms with E-state index in [1.807, 2.05) is 96.9 Å². The lowest BCUT2D eigenvalue weighted by Gasteiger charge is -2.36. The Kier molecular flexibility index (Phi) is 15.1. The van der Waals surface area contributed by atoms with Crippen molar-refractivity contribution in [2.24, 2.45) is 5.41 Å². The van der Waals surface area contributed by atoms with E-state index in [1.54, 1.807) is 0 Å². The van der Waals surface area contributed by atoms with Crippen LogP contribution in [0.2, 0.25) is 0 Å². The molecule has 39 heavy (non-hydrogen) atoms. The van der Waals surface area contributed by atoms with Crippen molar-refractivity contribution in [3.8, 4) is 0 Å². The van der Waals surface area contributed by atoms with Crippen LogP contribution in [0.5, 0.6) is 0 Å². The molecule has 0 N–H and O–H groups in total. The fourth-order valence-corrected chi connectivity index (χ4v) is 3.39. The fraction of sp³-hybridized carbons (Fsp3) is 1.00. The Labute approximate surface area is 240 Å². The molecule has 0 aromatic carbocycles. The van der Waals surface area contributed by atoms with Gasteiger partial charge in [-0.1, -0.05) is 27.7 Å². The van der Waals surface area contributed by atoms with E-state index in [9.17, 15) is 0 Å². The summed E-state index contributed by atoms with van der Waals surface area (Å²) < 4.78 is 0. The maximum atomic E-state index is 5.89. The molecule has 0 spiro atoms. The van der Waals surface area contributed by atoms with Gasteiger partial charge in [0.05, 0.1) is 22.4 Å². The maximum absolute atomic E-state index is 5.89. The molecule has 8 heteroatoms. The van der Waals surface area contributed by atoms with Crippen molar-refractivity contribution in [2.75, 3.05) is 0 Å². The summed E-state index contributed by atoms with van der Waals surface area (Å²) in [5, 5.41) is 0.